The Morgan fingerprint density at radius 1 is 1.09 bits per heavy atom. The van der Waals surface area contributed by atoms with E-state index in [0.29, 0.717) is 0 Å². The molecule has 130 valence electrons. The van der Waals surface area contributed by atoms with Crippen LogP contribution in [0.15, 0.2) is 30.3 Å². The highest BCUT2D eigenvalue weighted by molar-refractivity contribution is 5.87. The molecule has 0 saturated carbocycles. The molecule has 0 spiro atoms. The molecule has 0 fully saturated rings. The van der Waals surface area contributed by atoms with Crippen LogP contribution in [0, 0.1) is 11.8 Å². The Kier molecular flexibility index (Phi) is 9.53. The van der Waals surface area contributed by atoms with Crippen LogP contribution in [0.5, 0.6) is 0 Å². The summed E-state index contributed by atoms with van der Waals surface area (Å²) in [4.78, 5) is 24.2. The summed E-state index contributed by atoms with van der Waals surface area (Å²) in [6.45, 7) is 7.63. The Morgan fingerprint density at radius 3 is 2.13 bits per heavy atom. The average molecular weight is 343 g/mol. The molecule has 2 atom stereocenters. The van der Waals surface area contributed by atoms with Gasteiger partial charge < -0.3 is 15.8 Å². The topological polar surface area (TPSA) is 81.4 Å². The molecule has 6 heteroatoms. The van der Waals surface area contributed by atoms with Crippen molar-refractivity contribution in [2.75, 3.05) is 0 Å². The lowest BCUT2D eigenvalue weighted by molar-refractivity contribution is -0.150. The predicted molar refractivity (Wildman–Crippen MR) is 93.1 cm³/mol. The lowest BCUT2D eigenvalue weighted by atomic mass is 10.0. The molecule has 1 aromatic carbocycles. The number of carbonyl (C=O) groups is 2. The van der Waals surface area contributed by atoms with Crippen LogP contribution in [0.3, 0.4) is 0 Å². The van der Waals surface area contributed by atoms with E-state index in [0.717, 1.165) is 5.56 Å². The molecule has 3 N–H and O–H groups in total. The van der Waals surface area contributed by atoms with E-state index < -0.39 is 18.1 Å². The van der Waals surface area contributed by atoms with Crippen molar-refractivity contribution in [1.82, 2.24) is 5.32 Å². The lowest BCUT2D eigenvalue weighted by Gasteiger charge is -2.24. The summed E-state index contributed by atoms with van der Waals surface area (Å²) >= 11 is 0. The maximum Gasteiger partial charge on any atom is 0.329 e. The minimum absolute atomic E-state index is 0. The third kappa shape index (κ3) is 7.01. The Labute approximate surface area is 144 Å². The second-order valence-corrected chi connectivity index (χ2v) is 6.09. The van der Waals surface area contributed by atoms with Crippen LogP contribution in [-0.4, -0.2) is 24.0 Å². The summed E-state index contributed by atoms with van der Waals surface area (Å²) in [5.74, 6) is -0.840. The highest BCUT2D eigenvalue weighted by atomic mass is 35.5. The predicted octanol–water partition coefficient (Wildman–Crippen LogP) is 2.28. The molecule has 0 radical (unpaired) electrons. The summed E-state index contributed by atoms with van der Waals surface area (Å²) in [5.41, 5.74) is 6.72. The van der Waals surface area contributed by atoms with E-state index in [1.54, 1.807) is 0 Å². The van der Waals surface area contributed by atoms with Gasteiger partial charge in [0.2, 0.25) is 5.91 Å². The summed E-state index contributed by atoms with van der Waals surface area (Å²) in [7, 11) is 0. The van der Waals surface area contributed by atoms with E-state index in [1.165, 1.54) is 0 Å². The van der Waals surface area contributed by atoms with Gasteiger partial charge in [-0.15, -0.1) is 12.4 Å². The van der Waals surface area contributed by atoms with Gasteiger partial charge in [-0.25, -0.2) is 4.79 Å². The molecule has 0 unspecified atom stereocenters. The number of hydrogen-bond donors (Lipinski definition) is 2. The monoisotopic (exact) mass is 342 g/mol. The number of carbonyl (C=O) groups excluding carboxylic acids is 2. The quantitative estimate of drug-likeness (QED) is 0.745. The van der Waals surface area contributed by atoms with Crippen molar-refractivity contribution in [3.63, 3.8) is 0 Å². The molecule has 0 aliphatic rings. The van der Waals surface area contributed by atoms with Crippen molar-refractivity contribution in [3.05, 3.63) is 35.9 Å². The number of ether oxygens (including phenoxy) is 1. The fourth-order valence-corrected chi connectivity index (χ4v) is 1.87. The number of halogens is 1. The first kappa shape index (κ1) is 21.4. The third-order valence-corrected chi connectivity index (χ3v) is 3.46. The van der Waals surface area contributed by atoms with Crippen LogP contribution >= 0.6 is 12.4 Å². The normalized spacial score (nSPS) is 13.2. The maximum absolute atomic E-state index is 12.2. The number of nitrogens with one attached hydrogen (secondary N) is 1. The zero-order chi connectivity index (χ0) is 16.7. The smallest absolute Gasteiger partial charge is 0.329 e. The molecule has 1 aromatic rings. The SMILES string of the molecule is CC(C)[C@H](N)C(=O)N[C@@H](C(=O)OCc1ccccc1)C(C)C.Cl. The van der Waals surface area contributed by atoms with E-state index in [-0.39, 0.29) is 36.8 Å². The summed E-state index contributed by atoms with van der Waals surface area (Å²) in [6, 6.07) is 8.09. The molecular formula is C17H27ClN2O3. The first-order chi connectivity index (χ1) is 10.3. The number of amides is 1. The zero-order valence-electron chi connectivity index (χ0n) is 14.1. The van der Waals surface area contributed by atoms with Crippen molar-refractivity contribution in [1.29, 1.82) is 0 Å². The Bertz CT molecular complexity index is 492. The maximum atomic E-state index is 12.2. The van der Waals surface area contributed by atoms with Gasteiger partial charge in [-0.1, -0.05) is 58.0 Å². The van der Waals surface area contributed by atoms with Crippen molar-refractivity contribution in [2.24, 2.45) is 17.6 Å². The van der Waals surface area contributed by atoms with Crippen LogP contribution in [-0.2, 0) is 20.9 Å². The van der Waals surface area contributed by atoms with Gasteiger partial charge in [-0.05, 0) is 17.4 Å². The van der Waals surface area contributed by atoms with Crippen LogP contribution in [0.4, 0.5) is 0 Å². The second-order valence-electron chi connectivity index (χ2n) is 6.09. The second kappa shape index (κ2) is 10.2. The van der Waals surface area contributed by atoms with Gasteiger partial charge in [0, 0.05) is 0 Å². The Balaban J connectivity index is 0.00000484. The molecule has 0 bridgehead atoms. The van der Waals surface area contributed by atoms with Crippen molar-refractivity contribution in [2.45, 2.75) is 46.4 Å². The lowest BCUT2D eigenvalue weighted by Crippen LogP contribution is -2.52. The van der Waals surface area contributed by atoms with Gasteiger partial charge >= 0.3 is 5.97 Å². The minimum atomic E-state index is -0.694. The number of rotatable bonds is 7. The van der Waals surface area contributed by atoms with Crippen LogP contribution in [0.2, 0.25) is 0 Å². The summed E-state index contributed by atoms with van der Waals surface area (Å²) < 4.78 is 5.30. The highest BCUT2D eigenvalue weighted by Gasteiger charge is 2.28. The van der Waals surface area contributed by atoms with Crippen LogP contribution < -0.4 is 11.1 Å². The van der Waals surface area contributed by atoms with Crippen molar-refractivity contribution in [3.8, 4) is 0 Å². The molecular weight excluding hydrogens is 316 g/mol. The fraction of sp³-hybridized carbons (Fsp3) is 0.529. The van der Waals surface area contributed by atoms with E-state index in [2.05, 4.69) is 5.32 Å². The van der Waals surface area contributed by atoms with Gasteiger partial charge in [-0.2, -0.15) is 0 Å². The molecule has 0 aliphatic carbocycles. The molecule has 0 aromatic heterocycles. The van der Waals surface area contributed by atoms with Crippen molar-refractivity contribution < 1.29 is 14.3 Å². The molecule has 0 aliphatic heterocycles. The molecule has 0 saturated heterocycles. The number of hydrogen-bond acceptors (Lipinski definition) is 4. The number of nitrogens with two attached hydrogens (primary N) is 1. The molecule has 5 nitrogen and oxygen atoms in total. The number of esters is 1. The first-order valence-electron chi connectivity index (χ1n) is 7.59. The first-order valence-corrected chi connectivity index (χ1v) is 7.59. The molecule has 1 rings (SSSR count). The van der Waals surface area contributed by atoms with Gasteiger partial charge in [-0.3, -0.25) is 4.79 Å². The van der Waals surface area contributed by atoms with E-state index >= 15 is 0 Å². The van der Waals surface area contributed by atoms with E-state index in [4.69, 9.17) is 10.5 Å². The largest absolute Gasteiger partial charge is 0.459 e. The number of benzene rings is 1. The standard InChI is InChI=1S/C17H26N2O3.ClH/c1-11(2)14(18)16(20)19-15(12(3)4)17(21)22-10-13-8-6-5-7-9-13;/h5-9,11-12,14-15H,10,18H2,1-4H3,(H,19,20);1H/t14-,15+;/m0./s1. The van der Waals surface area contributed by atoms with Crippen LogP contribution in [0.1, 0.15) is 33.3 Å². The van der Waals surface area contributed by atoms with Gasteiger partial charge in [0.25, 0.3) is 0 Å². The summed E-state index contributed by atoms with van der Waals surface area (Å²) in [6.07, 6.45) is 0. The molecule has 0 heterocycles. The minimum Gasteiger partial charge on any atom is -0.459 e. The summed E-state index contributed by atoms with van der Waals surface area (Å²) in [5, 5.41) is 2.70. The van der Waals surface area contributed by atoms with Crippen LogP contribution in [0.25, 0.3) is 0 Å². The molecule has 1 amide bonds. The Morgan fingerprint density at radius 2 is 1.65 bits per heavy atom. The fourth-order valence-electron chi connectivity index (χ4n) is 1.87. The van der Waals surface area contributed by atoms with Crippen molar-refractivity contribution >= 4 is 24.3 Å². The van der Waals surface area contributed by atoms with E-state index in [9.17, 15) is 9.59 Å². The van der Waals surface area contributed by atoms with Gasteiger partial charge in [0.05, 0.1) is 6.04 Å². The average Bonchev–Trinajstić information content (AvgIpc) is 2.49. The third-order valence-electron chi connectivity index (χ3n) is 3.46. The van der Waals surface area contributed by atoms with E-state index in [1.807, 2.05) is 58.0 Å². The highest BCUT2D eigenvalue weighted by Crippen LogP contribution is 2.08. The zero-order valence-corrected chi connectivity index (χ0v) is 14.9. The van der Waals surface area contributed by atoms with Gasteiger partial charge in [0.1, 0.15) is 12.6 Å². The molecule has 23 heavy (non-hydrogen) atoms. The Hall–Kier alpha value is -1.59. The van der Waals surface area contributed by atoms with Gasteiger partial charge in [0.15, 0.2) is 0 Å².